The summed E-state index contributed by atoms with van der Waals surface area (Å²) in [6.07, 6.45) is 0.790. The Hall–Kier alpha value is -2.76. The molecule has 0 aromatic heterocycles. The fourth-order valence-corrected chi connectivity index (χ4v) is 2.86. The first-order chi connectivity index (χ1) is 12.6. The average molecular weight is 359 g/mol. The van der Waals surface area contributed by atoms with Gasteiger partial charge in [-0.15, -0.1) is 0 Å². The molecule has 0 atom stereocenters. The predicted molar refractivity (Wildman–Crippen MR) is 95.2 cm³/mol. The lowest BCUT2D eigenvalue weighted by atomic mass is 10.1. The van der Waals surface area contributed by atoms with Crippen LogP contribution in [0.25, 0.3) is 0 Å². The number of aryl methyl sites for hydroxylation is 1. The van der Waals surface area contributed by atoms with Crippen molar-refractivity contribution < 1.29 is 23.4 Å². The summed E-state index contributed by atoms with van der Waals surface area (Å²) in [6.45, 7) is 1.56. The van der Waals surface area contributed by atoms with Crippen molar-refractivity contribution in [2.24, 2.45) is 0 Å². The molecule has 0 saturated carbocycles. The molecule has 1 aliphatic rings. The Kier molecular flexibility index (Phi) is 5.61. The van der Waals surface area contributed by atoms with Gasteiger partial charge < -0.3 is 19.1 Å². The number of carbonyl (C=O) groups excluding carboxylic acids is 1. The van der Waals surface area contributed by atoms with E-state index >= 15 is 0 Å². The van der Waals surface area contributed by atoms with Crippen molar-refractivity contribution in [1.82, 2.24) is 4.90 Å². The molecule has 138 valence electrons. The normalized spacial score (nSPS) is 12.6. The second kappa shape index (κ2) is 8.08. The number of nitrogens with zero attached hydrogens (tertiary/aromatic N) is 1. The summed E-state index contributed by atoms with van der Waals surface area (Å²) in [5, 5.41) is 0. The van der Waals surface area contributed by atoms with Crippen molar-refractivity contribution in [2.75, 3.05) is 27.4 Å². The van der Waals surface area contributed by atoms with E-state index in [0.717, 1.165) is 16.9 Å². The van der Waals surface area contributed by atoms with E-state index in [-0.39, 0.29) is 11.7 Å². The Morgan fingerprint density at radius 2 is 1.85 bits per heavy atom. The van der Waals surface area contributed by atoms with Crippen molar-refractivity contribution in [3.63, 3.8) is 0 Å². The molecule has 0 N–H and O–H groups in total. The summed E-state index contributed by atoms with van der Waals surface area (Å²) >= 11 is 0. The molecular weight excluding hydrogens is 337 g/mol. The summed E-state index contributed by atoms with van der Waals surface area (Å²) in [4.78, 5) is 14.0. The van der Waals surface area contributed by atoms with Gasteiger partial charge in [0.15, 0.2) is 23.1 Å². The van der Waals surface area contributed by atoms with Gasteiger partial charge in [-0.1, -0.05) is 12.1 Å². The minimum absolute atomic E-state index is 0.00360. The Balaban J connectivity index is 1.55. The van der Waals surface area contributed by atoms with Crippen molar-refractivity contribution in [2.45, 2.75) is 19.4 Å². The third-order valence-electron chi connectivity index (χ3n) is 4.30. The largest absolute Gasteiger partial charge is 0.494 e. The van der Waals surface area contributed by atoms with Crippen LogP contribution in [0.15, 0.2) is 36.4 Å². The van der Waals surface area contributed by atoms with E-state index in [9.17, 15) is 9.18 Å². The molecule has 1 aliphatic heterocycles. The number of ether oxygens (including phenoxy) is 3. The average Bonchev–Trinajstić information content (AvgIpc) is 2.66. The van der Waals surface area contributed by atoms with Crippen LogP contribution in [0.4, 0.5) is 4.39 Å². The van der Waals surface area contributed by atoms with E-state index in [0.29, 0.717) is 38.3 Å². The number of benzene rings is 2. The number of methoxy groups -OCH3 is 1. The zero-order chi connectivity index (χ0) is 18.5. The molecule has 1 amide bonds. The highest BCUT2D eigenvalue weighted by molar-refractivity contribution is 5.76. The van der Waals surface area contributed by atoms with E-state index in [1.165, 1.54) is 13.2 Å². The summed E-state index contributed by atoms with van der Waals surface area (Å²) < 4.78 is 29.7. The molecule has 0 radical (unpaired) electrons. The Morgan fingerprint density at radius 3 is 2.58 bits per heavy atom. The van der Waals surface area contributed by atoms with Gasteiger partial charge in [0.05, 0.1) is 7.11 Å². The van der Waals surface area contributed by atoms with Crippen LogP contribution in [0, 0.1) is 5.82 Å². The van der Waals surface area contributed by atoms with Gasteiger partial charge in [-0.25, -0.2) is 4.39 Å². The lowest BCUT2D eigenvalue weighted by Gasteiger charge is -2.21. The number of carbonyl (C=O) groups is 1. The molecule has 1 heterocycles. The van der Waals surface area contributed by atoms with Gasteiger partial charge in [0.1, 0.15) is 13.2 Å². The predicted octanol–water partition coefficient (Wildman–Crippen LogP) is 3.20. The number of rotatable bonds is 6. The van der Waals surface area contributed by atoms with Crippen LogP contribution in [0.3, 0.4) is 0 Å². The van der Waals surface area contributed by atoms with Crippen LogP contribution in [-0.2, 0) is 17.8 Å². The topological polar surface area (TPSA) is 48.0 Å². The summed E-state index contributed by atoms with van der Waals surface area (Å²) in [5.41, 5.74) is 1.74. The molecule has 0 spiro atoms. The standard InChI is InChI=1S/C20H22FNO4/c1-22(13-15-4-7-18-19(12-15)26-10-9-25-18)20(23)8-5-14-3-6-17(24-2)16(21)11-14/h3-4,6-7,11-12H,5,8-10,13H2,1-2H3. The number of fused-ring (bicyclic) bond motifs is 1. The van der Waals surface area contributed by atoms with Crippen LogP contribution in [-0.4, -0.2) is 38.2 Å². The van der Waals surface area contributed by atoms with E-state index in [1.54, 1.807) is 24.1 Å². The molecule has 0 bridgehead atoms. The maximum atomic E-state index is 13.7. The van der Waals surface area contributed by atoms with E-state index in [1.807, 2.05) is 18.2 Å². The molecule has 0 aliphatic carbocycles. The quantitative estimate of drug-likeness (QED) is 0.795. The van der Waals surface area contributed by atoms with Crippen LogP contribution < -0.4 is 14.2 Å². The van der Waals surface area contributed by atoms with Crippen LogP contribution in [0.5, 0.6) is 17.2 Å². The maximum absolute atomic E-state index is 13.7. The zero-order valence-electron chi connectivity index (χ0n) is 15.0. The Bertz CT molecular complexity index is 793. The summed E-state index contributed by atoms with van der Waals surface area (Å²) in [6, 6.07) is 10.5. The molecule has 0 saturated heterocycles. The molecule has 6 heteroatoms. The Morgan fingerprint density at radius 1 is 1.12 bits per heavy atom. The van der Waals surface area contributed by atoms with E-state index in [4.69, 9.17) is 14.2 Å². The number of halogens is 1. The fourth-order valence-electron chi connectivity index (χ4n) is 2.86. The lowest BCUT2D eigenvalue weighted by molar-refractivity contribution is -0.130. The minimum atomic E-state index is -0.415. The summed E-state index contributed by atoms with van der Waals surface area (Å²) in [7, 11) is 3.18. The van der Waals surface area contributed by atoms with Crippen molar-refractivity contribution >= 4 is 5.91 Å². The van der Waals surface area contributed by atoms with Gasteiger partial charge in [-0.3, -0.25) is 4.79 Å². The van der Waals surface area contributed by atoms with Gasteiger partial charge in [0.2, 0.25) is 5.91 Å². The molecule has 26 heavy (non-hydrogen) atoms. The van der Waals surface area contributed by atoms with Gasteiger partial charge in [0, 0.05) is 20.0 Å². The van der Waals surface area contributed by atoms with Crippen molar-refractivity contribution in [3.8, 4) is 17.2 Å². The maximum Gasteiger partial charge on any atom is 0.222 e. The number of hydrogen-bond donors (Lipinski definition) is 0. The first-order valence-electron chi connectivity index (χ1n) is 8.51. The van der Waals surface area contributed by atoms with Crippen molar-refractivity contribution in [3.05, 3.63) is 53.3 Å². The van der Waals surface area contributed by atoms with Crippen molar-refractivity contribution in [1.29, 1.82) is 0 Å². The van der Waals surface area contributed by atoms with Gasteiger partial charge in [-0.05, 0) is 41.8 Å². The molecule has 5 nitrogen and oxygen atoms in total. The first-order valence-corrected chi connectivity index (χ1v) is 8.51. The smallest absolute Gasteiger partial charge is 0.222 e. The van der Waals surface area contributed by atoms with Crippen LogP contribution in [0.2, 0.25) is 0 Å². The second-order valence-electron chi connectivity index (χ2n) is 6.20. The number of hydrogen-bond acceptors (Lipinski definition) is 4. The van der Waals surface area contributed by atoms with Gasteiger partial charge in [0.25, 0.3) is 0 Å². The Labute approximate surface area is 152 Å². The highest BCUT2D eigenvalue weighted by Gasteiger charge is 2.15. The third kappa shape index (κ3) is 4.25. The van der Waals surface area contributed by atoms with E-state index < -0.39 is 5.82 Å². The SMILES string of the molecule is COc1ccc(CCC(=O)N(C)Cc2ccc3c(c2)OCCO3)cc1F. The zero-order valence-corrected chi connectivity index (χ0v) is 15.0. The van der Waals surface area contributed by atoms with E-state index in [2.05, 4.69) is 0 Å². The lowest BCUT2D eigenvalue weighted by Crippen LogP contribution is -2.26. The van der Waals surface area contributed by atoms with Crippen LogP contribution >= 0.6 is 0 Å². The molecule has 0 fully saturated rings. The second-order valence-corrected chi connectivity index (χ2v) is 6.20. The molecule has 3 rings (SSSR count). The third-order valence-corrected chi connectivity index (χ3v) is 4.30. The minimum Gasteiger partial charge on any atom is -0.494 e. The molecular formula is C20H22FNO4. The highest BCUT2D eigenvalue weighted by Crippen LogP contribution is 2.31. The molecule has 2 aromatic carbocycles. The molecule has 0 unspecified atom stereocenters. The molecule has 2 aromatic rings. The fraction of sp³-hybridized carbons (Fsp3) is 0.350. The first kappa shape index (κ1) is 18.0. The summed E-state index contributed by atoms with van der Waals surface area (Å²) in [5.74, 6) is 1.23. The monoisotopic (exact) mass is 359 g/mol. The van der Waals surface area contributed by atoms with Gasteiger partial charge >= 0.3 is 0 Å². The highest BCUT2D eigenvalue weighted by atomic mass is 19.1. The van der Waals surface area contributed by atoms with Gasteiger partial charge in [-0.2, -0.15) is 0 Å². The van der Waals surface area contributed by atoms with Crippen LogP contribution in [0.1, 0.15) is 17.5 Å². The number of amides is 1.